The number of carbonyl (C=O) groups excluding carboxylic acids is 1. The number of piperazine rings is 1. The number of rotatable bonds is 8. The maximum absolute atomic E-state index is 14.3. The first-order valence-electron chi connectivity index (χ1n) is 16.0. The van der Waals surface area contributed by atoms with Crippen molar-refractivity contribution in [2.45, 2.75) is 65.3 Å². The minimum absolute atomic E-state index is 0.0125. The van der Waals surface area contributed by atoms with E-state index in [1.165, 1.54) is 4.52 Å². The molecule has 0 radical (unpaired) electrons. The third-order valence-corrected chi connectivity index (χ3v) is 9.09. The summed E-state index contributed by atoms with van der Waals surface area (Å²) in [5.41, 5.74) is 1.00. The molecule has 0 aliphatic carbocycles. The molecule has 3 aromatic heterocycles. The maximum atomic E-state index is 14.3. The van der Waals surface area contributed by atoms with Crippen molar-refractivity contribution in [2.75, 3.05) is 48.0 Å². The summed E-state index contributed by atoms with van der Waals surface area (Å²) >= 11 is 6.13. The number of aromatic nitrogens is 6. The molecule has 6 rings (SSSR count). The molecule has 17 heteroatoms. The van der Waals surface area contributed by atoms with E-state index >= 15 is 0 Å². The first kappa shape index (κ1) is 34.3. The fraction of sp³-hybridized carbons (Fsp3) is 0.469. The Balaban J connectivity index is 1.38. The van der Waals surface area contributed by atoms with Crippen LogP contribution in [-0.4, -0.2) is 78.8 Å². The molecular weight excluding hydrogens is 667 g/mol. The van der Waals surface area contributed by atoms with E-state index < -0.39 is 23.2 Å². The van der Waals surface area contributed by atoms with Crippen LogP contribution in [0.4, 0.5) is 30.2 Å². The van der Waals surface area contributed by atoms with E-state index in [0.717, 1.165) is 23.8 Å². The van der Waals surface area contributed by atoms with Crippen LogP contribution in [0.3, 0.4) is 0 Å². The highest BCUT2D eigenvalue weighted by Gasteiger charge is 2.33. The highest BCUT2D eigenvalue weighted by Crippen LogP contribution is 2.35. The highest BCUT2D eigenvalue weighted by atomic mass is 35.5. The second-order valence-electron chi connectivity index (χ2n) is 12.4. The highest BCUT2D eigenvalue weighted by molar-refractivity contribution is 6.33. The summed E-state index contributed by atoms with van der Waals surface area (Å²) in [7, 11) is 0. The Morgan fingerprint density at radius 3 is 2.63 bits per heavy atom. The number of hydrogen-bond donors (Lipinski definition) is 2. The van der Waals surface area contributed by atoms with Crippen LogP contribution in [-0.2, 0) is 28.7 Å². The summed E-state index contributed by atoms with van der Waals surface area (Å²) in [4.78, 5) is 36.5. The van der Waals surface area contributed by atoms with E-state index in [2.05, 4.69) is 15.5 Å². The second kappa shape index (κ2) is 13.4. The number of ether oxygens (including phenoxy) is 1. The predicted molar refractivity (Wildman–Crippen MR) is 178 cm³/mol. The van der Waals surface area contributed by atoms with Gasteiger partial charge in [0.15, 0.2) is 5.82 Å². The molecule has 262 valence electrons. The van der Waals surface area contributed by atoms with Gasteiger partial charge in [-0.1, -0.05) is 24.6 Å². The summed E-state index contributed by atoms with van der Waals surface area (Å²) in [6, 6.07) is 2.54. The van der Waals surface area contributed by atoms with Crippen molar-refractivity contribution in [1.29, 1.82) is 0 Å². The molecule has 1 amide bonds. The molecule has 4 aromatic rings. The number of aromatic hydroxyl groups is 1. The Hall–Kier alpha value is -4.57. The minimum atomic E-state index is -4.59. The molecule has 13 nitrogen and oxygen atoms in total. The lowest BCUT2D eigenvalue weighted by Gasteiger charge is -2.42. The smallest absolute Gasteiger partial charge is 0.416 e. The number of nitrogens with zero attached hydrogens (tertiary/aromatic N) is 8. The van der Waals surface area contributed by atoms with Gasteiger partial charge in [0.1, 0.15) is 17.9 Å². The standard InChI is InChI=1S/C32H37ClF3N9O4/c1-5-24-27(41-10-11-42(19(4)16-41)25-15-37-44(18(2)3)29(25)47)30(48)45-31(39-28(40-45)20-8-12-49-13-9-20)43(24)17-26(46)38-23-7-6-21(14-22(23)33)32(34,35)36/h6-8,14-15,18-19,47H,5,9-13,16-17H2,1-4H3,(H,38,46)/t19-/m1/s1. The first-order valence-corrected chi connectivity index (χ1v) is 16.4. The van der Waals surface area contributed by atoms with Gasteiger partial charge >= 0.3 is 6.18 Å². The van der Waals surface area contributed by atoms with Crippen molar-refractivity contribution >= 4 is 45.9 Å². The molecule has 49 heavy (non-hydrogen) atoms. The topological polar surface area (TPSA) is 135 Å². The largest absolute Gasteiger partial charge is 0.492 e. The summed E-state index contributed by atoms with van der Waals surface area (Å²) in [5.74, 6) is -0.0155. The number of amides is 1. The van der Waals surface area contributed by atoms with Crippen molar-refractivity contribution in [3.8, 4) is 5.88 Å². The zero-order chi connectivity index (χ0) is 35.2. The molecule has 1 fully saturated rings. The van der Waals surface area contributed by atoms with Crippen LogP contribution in [0.5, 0.6) is 5.88 Å². The van der Waals surface area contributed by atoms with E-state index in [-0.39, 0.29) is 41.0 Å². The zero-order valence-corrected chi connectivity index (χ0v) is 28.2. The SMILES string of the molecule is CCc1c(N2CCN(c3cnn(C(C)C)c3O)[C@H](C)C2)c(=O)n2nc(C3=CCOCC3)nc2n1CC(=O)Nc1ccc(C(F)(F)F)cc1Cl. The van der Waals surface area contributed by atoms with Crippen LogP contribution in [0.15, 0.2) is 35.3 Å². The summed E-state index contributed by atoms with van der Waals surface area (Å²) in [6.45, 7) is 9.55. The van der Waals surface area contributed by atoms with Gasteiger partial charge in [-0.2, -0.15) is 27.8 Å². The number of hydrogen-bond acceptors (Lipinski definition) is 9. The third kappa shape index (κ3) is 6.58. The van der Waals surface area contributed by atoms with Crippen molar-refractivity contribution in [3.63, 3.8) is 0 Å². The molecule has 0 unspecified atom stereocenters. The Bertz CT molecular complexity index is 1980. The second-order valence-corrected chi connectivity index (χ2v) is 12.8. The van der Waals surface area contributed by atoms with Crippen molar-refractivity contribution in [2.24, 2.45) is 0 Å². The molecule has 2 aliphatic rings. The van der Waals surface area contributed by atoms with Gasteiger partial charge in [-0.25, -0.2) is 4.68 Å². The molecule has 1 atom stereocenters. The molecule has 5 heterocycles. The molecule has 2 N–H and O–H groups in total. The lowest BCUT2D eigenvalue weighted by molar-refractivity contribution is -0.137. The van der Waals surface area contributed by atoms with Gasteiger partial charge in [-0.3, -0.25) is 9.59 Å². The molecule has 0 spiro atoms. The predicted octanol–water partition coefficient (Wildman–Crippen LogP) is 4.77. The normalized spacial score (nSPS) is 17.2. The van der Waals surface area contributed by atoms with Crippen molar-refractivity contribution in [1.82, 2.24) is 28.9 Å². The van der Waals surface area contributed by atoms with Gasteiger partial charge in [-0.05, 0) is 57.4 Å². The molecule has 0 bridgehead atoms. The number of alkyl halides is 3. The van der Waals surface area contributed by atoms with Crippen molar-refractivity contribution < 1.29 is 27.8 Å². The first-order chi connectivity index (χ1) is 23.3. The molecule has 1 saturated heterocycles. The lowest BCUT2D eigenvalue weighted by atomic mass is 10.1. The molecule has 2 aliphatic heterocycles. The number of halogens is 4. The minimum Gasteiger partial charge on any atom is -0.492 e. The van der Waals surface area contributed by atoms with Crippen LogP contribution in [0.1, 0.15) is 57.2 Å². The lowest BCUT2D eigenvalue weighted by Crippen LogP contribution is -2.54. The number of fused-ring (bicyclic) bond motifs is 1. The Labute approximate surface area is 284 Å². The molecule has 0 saturated carbocycles. The number of carbonyl (C=O) groups is 1. The van der Waals surface area contributed by atoms with Crippen LogP contribution in [0, 0.1) is 0 Å². The van der Waals surface area contributed by atoms with Gasteiger partial charge in [0.25, 0.3) is 5.56 Å². The van der Waals surface area contributed by atoms with Crippen LogP contribution >= 0.6 is 11.6 Å². The molecular formula is C32H37ClF3N9O4. The van der Waals surface area contributed by atoms with E-state index in [9.17, 15) is 27.9 Å². The Morgan fingerprint density at radius 1 is 1.24 bits per heavy atom. The fourth-order valence-corrected chi connectivity index (χ4v) is 6.60. The van der Waals surface area contributed by atoms with Gasteiger partial charge in [-0.15, -0.1) is 5.10 Å². The maximum Gasteiger partial charge on any atom is 0.416 e. The summed E-state index contributed by atoms with van der Waals surface area (Å²) in [5, 5.41) is 22.1. The fourth-order valence-electron chi connectivity index (χ4n) is 6.37. The monoisotopic (exact) mass is 703 g/mol. The van der Waals surface area contributed by atoms with Crippen LogP contribution in [0.2, 0.25) is 5.02 Å². The van der Waals surface area contributed by atoms with Gasteiger partial charge in [0.2, 0.25) is 17.6 Å². The summed E-state index contributed by atoms with van der Waals surface area (Å²) in [6.07, 6.45) is -0.200. The van der Waals surface area contributed by atoms with Crippen LogP contribution in [0.25, 0.3) is 11.4 Å². The summed E-state index contributed by atoms with van der Waals surface area (Å²) < 4.78 is 49.4. The van der Waals surface area contributed by atoms with E-state index in [4.69, 9.17) is 21.3 Å². The van der Waals surface area contributed by atoms with E-state index in [1.807, 2.05) is 43.6 Å². The van der Waals surface area contributed by atoms with Crippen molar-refractivity contribution in [3.05, 3.63) is 62.9 Å². The Morgan fingerprint density at radius 2 is 2.02 bits per heavy atom. The number of nitrogens with one attached hydrogen (secondary N) is 1. The Kier molecular flexibility index (Phi) is 9.37. The number of anilines is 3. The average Bonchev–Trinajstić information content (AvgIpc) is 3.68. The van der Waals surface area contributed by atoms with E-state index in [0.29, 0.717) is 68.6 Å². The average molecular weight is 704 g/mol. The zero-order valence-electron chi connectivity index (χ0n) is 27.5. The number of benzene rings is 1. The third-order valence-electron chi connectivity index (χ3n) is 8.78. The van der Waals surface area contributed by atoms with Gasteiger partial charge in [0, 0.05) is 25.7 Å². The van der Waals surface area contributed by atoms with Gasteiger partial charge in [0.05, 0.1) is 47.4 Å². The van der Waals surface area contributed by atoms with E-state index in [1.54, 1.807) is 15.4 Å². The quantitative estimate of drug-likeness (QED) is 0.266. The molecule has 1 aromatic carbocycles. The van der Waals surface area contributed by atoms with Crippen LogP contribution < -0.4 is 20.7 Å². The van der Waals surface area contributed by atoms with Gasteiger partial charge < -0.3 is 29.5 Å².